The van der Waals surface area contributed by atoms with Gasteiger partial charge in [0, 0.05) is 12.3 Å². The molecule has 5 unspecified atom stereocenters. The second kappa shape index (κ2) is 12.5. The third-order valence-corrected chi connectivity index (χ3v) is 7.78. The van der Waals surface area contributed by atoms with Crippen molar-refractivity contribution in [3.63, 3.8) is 0 Å². The highest BCUT2D eigenvalue weighted by Gasteiger charge is 2.55. The summed E-state index contributed by atoms with van der Waals surface area (Å²) in [4.78, 5) is 12.4. The molecule has 0 radical (unpaired) electrons. The van der Waals surface area contributed by atoms with E-state index in [9.17, 15) is 13.6 Å². The van der Waals surface area contributed by atoms with E-state index in [2.05, 4.69) is 29.8 Å². The molecule has 0 saturated heterocycles. The molecule has 0 bridgehead atoms. The molecule has 2 aliphatic rings. The third-order valence-electron chi connectivity index (χ3n) is 7.23. The molecule has 0 heterocycles. The van der Waals surface area contributed by atoms with Gasteiger partial charge in [-0.05, 0) is 55.3 Å². The molecule has 2 saturated carbocycles. The van der Waals surface area contributed by atoms with Crippen LogP contribution >= 0.6 is 15.9 Å². The number of Topliss-reactive ketones (excluding diaryl/α,β-unsaturated/α-hetero) is 1. The summed E-state index contributed by atoms with van der Waals surface area (Å²) in [6, 6.07) is 0. The zero-order chi connectivity index (χ0) is 20.4. The lowest BCUT2D eigenvalue weighted by molar-refractivity contribution is -0.126. The molecular formula is C23H41BrF2O. The van der Waals surface area contributed by atoms with Crippen LogP contribution in [0.2, 0.25) is 0 Å². The van der Waals surface area contributed by atoms with Crippen molar-refractivity contribution < 1.29 is 13.6 Å². The molecule has 160 valence electrons. The largest absolute Gasteiger partial charge is 0.298 e. The Morgan fingerprint density at radius 2 is 1.78 bits per heavy atom. The number of carbonyl (C=O) groups excluding carboxylic acids is 1. The molecule has 0 spiro atoms. The highest BCUT2D eigenvalue weighted by Crippen LogP contribution is 2.60. The SMILES string of the molecule is CC.CCCCCCCC1C(CC(F)F)CCC2(C)C(C(=O)CBr)CCC12. The Labute approximate surface area is 174 Å². The number of hydrogen-bond acceptors (Lipinski definition) is 1. The Balaban J connectivity index is 0.00000176. The van der Waals surface area contributed by atoms with Crippen molar-refractivity contribution in [2.45, 2.75) is 105 Å². The van der Waals surface area contributed by atoms with Gasteiger partial charge in [0.1, 0.15) is 5.78 Å². The number of ketones is 1. The number of fused-ring (bicyclic) bond motifs is 1. The molecule has 1 nitrogen and oxygen atoms in total. The van der Waals surface area contributed by atoms with Gasteiger partial charge < -0.3 is 0 Å². The van der Waals surface area contributed by atoms with E-state index in [1.165, 1.54) is 25.7 Å². The van der Waals surface area contributed by atoms with Crippen LogP contribution in [0.15, 0.2) is 0 Å². The van der Waals surface area contributed by atoms with Gasteiger partial charge in [-0.3, -0.25) is 4.79 Å². The predicted octanol–water partition coefficient (Wildman–Crippen LogP) is 8.05. The first-order valence-electron chi connectivity index (χ1n) is 11.3. The van der Waals surface area contributed by atoms with E-state index < -0.39 is 6.43 Å². The highest BCUT2D eigenvalue weighted by atomic mass is 79.9. The predicted molar refractivity (Wildman–Crippen MR) is 115 cm³/mol. The van der Waals surface area contributed by atoms with Gasteiger partial charge in [-0.25, -0.2) is 8.78 Å². The highest BCUT2D eigenvalue weighted by molar-refractivity contribution is 9.09. The molecule has 0 amide bonds. The van der Waals surface area contributed by atoms with Crippen LogP contribution in [0.4, 0.5) is 8.78 Å². The van der Waals surface area contributed by atoms with Crippen molar-refractivity contribution in [1.82, 2.24) is 0 Å². The van der Waals surface area contributed by atoms with Gasteiger partial charge in [-0.1, -0.05) is 75.7 Å². The third kappa shape index (κ3) is 6.51. The van der Waals surface area contributed by atoms with Gasteiger partial charge in [0.25, 0.3) is 0 Å². The summed E-state index contributed by atoms with van der Waals surface area (Å²) in [7, 11) is 0. The fraction of sp³-hybridized carbons (Fsp3) is 0.957. The van der Waals surface area contributed by atoms with Gasteiger partial charge in [0.15, 0.2) is 0 Å². The van der Waals surface area contributed by atoms with E-state index in [0.717, 1.165) is 38.5 Å². The Morgan fingerprint density at radius 3 is 2.37 bits per heavy atom. The molecule has 0 aliphatic heterocycles. The summed E-state index contributed by atoms with van der Waals surface area (Å²) in [5.74, 6) is 1.46. The second-order valence-corrected chi connectivity index (χ2v) is 9.20. The van der Waals surface area contributed by atoms with Gasteiger partial charge in [0.05, 0.1) is 5.33 Å². The molecule has 0 aromatic rings. The summed E-state index contributed by atoms with van der Waals surface area (Å²) >= 11 is 3.34. The summed E-state index contributed by atoms with van der Waals surface area (Å²) < 4.78 is 26.2. The van der Waals surface area contributed by atoms with Gasteiger partial charge in [0.2, 0.25) is 6.43 Å². The Kier molecular flexibility index (Phi) is 11.6. The monoisotopic (exact) mass is 450 g/mol. The molecule has 4 heteroatoms. The van der Waals surface area contributed by atoms with Gasteiger partial charge >= 0.3 is 0 Å². The first-order valence-corrected chi connectivity index (χ1v) is 12.4. The van der Waals surface area contributed by atoms with Gasteiger partial charge in [-0.2, -0.15) is 0 Å². The fourth-order valence-corrected chi connectivity index (χ4v) is 6.32. The minimum Gasteiger partial charge on any atom is -0.298 e. The molecule has 2 aliphatic carbocycles. The smallest absolute Gasteiger partial charge is 0.238 e. The first-order chi connectivity index (χ1) is 12.9. The number of unbranched alkanes of at least 4 members (excludes halogenated alkanes) is 4. The minimum absolute atomic E-state index is 0.0392. The number of carbonyl (C=O) groups is 1. The topological polar surface area (TPSA) is 17.1 Å². The van der Waals surface area contributed by atoms with Crippen molar-refractivity contribution in [2.24, 2.45) is 29.1 Å². The lowest BCUT2D eigenvalue weighted by Crippen LogP contribution is -2.44. The molecule has 0 N–H and O–H groups in total. The van der Waals surface area contributed by atoms with Crippen LogP contribution in [-0.4, -0.2) is 17.5 Å². The van der Waals surface area contributed by atoms with Crippen LogP contribution in [-0.2, 0) is 4.79 Å². The lowest BCUT2D eigenvalue weighted by Gasteiger charge is -2.48. The van der Waals surface area contributed by atoms with Crippen LogP contribution < -0.4 is 0 Å². The maximum absolute atomic E-state index is 13.1. The Morgan fingerprint density at radius 1 is 1.11 bits per heavy atom. The molecule has 2 rings (SSSR count). The van der Waals surface area contributed by atoms with Crippen LogP contribution in [0.1, 0.15) is 98.3 Å². The van der Waals surface area contributed by atoms with Crippen LogP contribution in [0, 0.1) is 29.1 Å². The van der Waals surface area contributed by atoms with E-state index in [-0.39, 0.29) is 23.7 Å². The summed E-state index contributed by atoms with van der Waals surface area (Å²) in [6.45, 7) is 8.49. The zero-order valence-electron chi connectivity index (χ0n) is 17.9. The zero-order valence-corrected chi connectivity index (χ0v) is 19.5. The van der Waals surface area contributed by atoms with Crippen LogP contribution in [0.5, 0.6) is 0 Å². The van der Waals surface area contributed by atoms with E-state index >= 15 is 0 Å². The van der Waals surface area contributed by atoms with E-state index in [0.29, 0.717) is 22.9 Å². The van der Waals surface area contributed by atoms with Crippen molar-refractivity contribution >= 4 is 21.7 Å². The number of halogens is 3. The van der Waals surface area contributed by atoms with Crippen molar-refractivity contribution in [3.05, 3.63) is 0 Å². The summed E-state index contributed by atoms with van der Waals surface area (Å²) in [5.41, 5.74) is 0.0392. The van der Waals surface area contributed by atoms with E-state index in [1.807, 2.05) is 13.8 Å². The van der Waals surface area contributed by atoms with Gasteiger partial charge in [-0.15, -0.1) is 0 Å². The number of alkyl halides is 3. The number of rotatable bonds is 10. The Hall–Kier alpha value is 0.01000. The summed E-state index contributed by atoms with van der Waals surface area (Å²) in [6.07, 6.45) is 8.93. The van der Waals surface area contributed by atoms with Crippen LogP contribution in [0.25, 0.3) is 0 Å². The molecule has 0 aromatic heterocycles. The van der Waals surface area contributed by atoms with Crippen molar-refractivity contribution in [3.8, 4) is 0 Å². The summed E-state index contributed by atoms with van der Waals surface area (Å²) in [5, 5.41) is 0.433. The standard InChI is InChI=1S/C21H35BrF2O.C2H6/c1-3-4-5-6-7-8-16-15(13-20(23)24)11-12-21(2)17(16)9-10-18(21)19(25)14-22;1-2/h15-18,20H,3-14H2,1-2H3;1-2H3. The molecular weight excluding hydrogens is 410 g/mol. The molecule has 0 aromatic carbocycles. The van der Waals surface area contributed by atoms with E-state index in [4.69, 9.17) is 0 Å². The Bertz CT molecular complexity index is 429. The van der Waals surface area contributed by atoms with Crippen molar-refractivity contribution in [2.75, 3.05) is 5.33 Å². The first kappa shape index (κ1) is 25.0. The van der Waals surface area contributed by atoms with E-state index in [1.54, 1.807) is 0 Å². The second-order valence-electron chi connectivity index (χ2n) is 8.63. The number of hydrogen-bond donors (Lipinski definition) is 0. The minimum atomic E-state index is -2.20. The normalized spacial score (nSPS) is 32.7. The average Bonchev–Trinajstić information content (AvgIpc) is 3.01. The quantitative estimate of drug-likeness (QED) is 0.243. The van der Waals surface area contributed by atoms with Crippen molar-refractivity contribution in [1.29, 1.82) is 0 Å². The average molecular weight is 451 g/mol. The maximum Gasteiger partial charge on any atom is 0.238 e. The molecule has 2 fully saturated rings. The lowest BCUT2D eigenvalue weighted by atomic mass is 9.56. The van der Waals surface area contributed by atoms with Crippen LogP contribution in [0.3, 0.4) is 0 Å². The fourth-order valence-electron chi connectivity index (χ4n) is 5.93. The maximum atomic E-state index is 13.1. The molecule has 27 heavy (non-hydrogen) atoms. The molecule has 5 atom stereocenters.